The molecule has 0 saturated carbocycles. The summed E-state index contributed by atoms with van der Waals surface area (Å²) >= 11 is 16.3. The quantitative estimate of drug-likeness (QED) is 0.234. The van der Waals surface area contributed by atoms with Gasteiger partial charge >= 0.3 is 5.97 Å². The number of carbonyl (C=O) groups is 1. The topological polar surface area (TPSA) is 129 Å². The second-order valence-electron chi connectivity index (χ2n) is 4.26. The summed E-state index contributed by atoms with van der Waals surface area (Å²) in [5.41, 5.74) is 0. The van der Waals surface area contributed by atoms with Crippen molar-refractivity contribution in [2.75, 3.05) is 6.61 Å². The van der Waals surface area contributed by atoms with Crippen molar-refractivity contribution in [3.63, 3.8) is 0 Å². The molecule has 5 atom stereocenters. The van der Waals surface area contributed by atoms with Crippen molar-refractivity contribution in [1.82, 2.24) is 0 Å². The van der Waals surface area contributed by atoms with Crippen molar-refractivity contribution >= 4 is 46.7 Å². The molecule has 0 aromatic heterocycles. The highest BCUT2D eigenvalue weighted by Gasteiger charge is 2.47. The Kier molecular flexibility index (Phi) is 6.48. The molecule has 1 saturated heterocycles. The van der Waals surface area contributed by atoms with E-state index in [9.17, 15) is 20.1 Å². The van der Waals surface area contributed by atoms with Crippen LogP contribution in [0, 0.1) is 5.41 Å². The number of rotatable bonds is 3. The summed E-state index contributed by atoms with van der Waals surface area (Å²) in [6.07, 6.45) is -7.64. The van der Waals surface area contributed by atoms with Crippen LogP contribution in [0.1, 0.15) is 6.92 Å². The molecule has 1 rings (SSSR count). The van der Waals surface area contributed by atoms with Crippen molar-refractivity contribution in [3.05, 3.63) is 0 Å². The standard InChI is InChI=1S/C10H14Cl3NO7/c1-3(15)19-2-4-5(16)6(17)7(18)8(20-4)21-9(14)10(11,12)13/h4-8,14,16-18H,2H2,1H3/t4-,5-,6+,7-,8?/m1/s1. The number of aliphatic hydroxyl groups is 3. The molecule has 0 aliphatic carbocycles. The molecule has 122 valence electrons. The molecule has 0 radical (unpaired) electrons. The minimum absolute atomic E-state index is 0.388. The van der Waals surface area contributed by atoms with Crippen LogP contribution in [0.2, 0.25) is 0 Å². The lowest BCUT2D eigenvalue weighted by Gasteiger charge is -2.40. The fourth-order valence-electron chi connectivity index (χ4n) is 1.53. The number of hydrogen-bond acceptors (Lipinski definition) is 8. The predicted molar refractivity (Wildman–Crippen MR) is 72.4 cm³/mol. The molecule has 1 aliphatic heterocycles. The van der Waals surface area contributed by atoms with Crippen LogP contribution in [-0.2, 0) is 19.0 Å². The van der Waals surface area contributed by atoms with Crippen molar-refractivity contribution in [1.29, 1.82) is 5.41 Å². The average Bonchev–Trinajstić information content (AvgIpc) is 2.36. The zero-order chi connectivity index (χ0) is 16.4. The number of esters is 1. The minimum atomic E-state index is -2.19. The highest BCUT2D eigenvalue weighted by atomic mass is 35.6. The molecule has 11 heteroatoms. The highest BCUT2D eigenvalue weighted by Crippen LogP contribution is 2.30. The number of nitrogens with one attached hydrogen (secondary N) is 1. The van der Waals surface area contributed by atoms with E-state index in [4.69, 9.17) is 49.7 Å². The third-order valence-corrected chi connectivity index (χ3v) is 3.13. The van der Waals surface area contributed by atoms with Gasteiger partial charge in [-0.2, -0.15) is 0 Å². The van der Waals surface area contributed by atoms with Crippen molar-refractivity contribution < 1.29 is 34.3 Å². The van der Waals surface area contributed by atoms with Gasteiger partial charge in [0.25, 0.3) is 3.79 Å². The lowest BCUT2D eigenvalue weighted by atomic mass is 9.99. The van der Waals surface area contributed by atoms with E-state index in [1.54, 1.807) is 0 Å². The molecular formula is C10H14Cl3NO7. The number of alkyl halides is 3. The summed E-state index contributed by atoms with van der Waals surface area (Å²) in [4.78, 5) is 10.7. The highest BCUT2D eigenvalue weighted by molar-refractivity contribution is 6.76. The molecule has 0 bridgehead atoms. The first-order valence-electron chi connectivity index (χ1n) is 5.69. The molecule has 1 aliphatic rings. The Hall–Kier alpha value is -0.350. The average molecular weight is 367 g/mol. The van der Waals surface area contributed by atoms with E-state index in [2.05, 4.69) is 4.74 Å². The Bertz CT molecular complexity index is 403. The molecule has 0 spiro atoms. The van der Waals surface area contributed by atoms with Gasteiger partial charge in [0.15, 0.2) is 0 Å². The smallest absolute Gasteiger partial charge is 0.302 e. The van der Waals surface area contributed by atoms with E-state index >= 15 is 0 Å². The maximum absolute atomic E-state index is 10.7. The Morgan fingerprint density at radius 3 is 2.29 bits per heavy atom. The lowest BCUT2D eigenvalue weighted by Crippen LogP contribution is -2.60. The molecule has 21 heavy (non-hydrogen) atoms. The second-order valence-corrected chi connectivity index (χ2v) is 6.54. The zero-order valence-corrected chi connectivity index (χ0v) is 13.0. The van der Waals surface area contributed by atoms with Crippen molar-refractivity contribution in [2.24, 2.45) is 0 Å². The van der Waals surface area contributed by atoms with E-state index < -0.39 is 46.4 Å². The van der Waals surface area contributed by atoms with E-state index in [0.717, 1.165) is 6.92 Å². The molecule has 0 amide bonds. The Balaban J connectivity index is 2.75. The Labute approximate surface area is 134 Å². The largest absolute Gasteiger partial charge is 0.463 e. The molecule has 1 heterocycles. The third-order valence-electron chi connectivity index (χ3n) is 2.61. The summed E-state index contributed by atoms with van der Waals surface area (Å²) in [5.74, 6) is -1.47. The number of aliphatic hydroxyl groups excluding tert-OH is 3. The molecule has 4 N–H and O–H groups in total. The van der Waals surface area contributed by atoms with Gasteiger partial charge in [-0.05, 0) is 0 Å². The van der Waals surface area contributed by atoms with E-state index in [-0.39, 0.29) is 6.61 Å². The Morgan fingerprint density at radius 1 is 1.24 bits per heavy atom. The first kappa shape index (κ1) is 18.7. The van der Waals surface area contributed by atoms with Crippen LogP contribution in [0.25, 0.3) is 0 Å². The second kappa shape index (κ2) is 7.28. The van der Waals surface area contributed by atoms with Gasteiger partial charge in [0.05, 0.1) is 0 Å². The fraction of sp³-hybridized carbons (Fsp3) is 0.800. The maximum Gasteiger partial charge on any atom is 0.302 e. The van der Waals surface area contributed by atoms with Crippen LogP contribution in [0.4, 0.5) is 0 Å². The van der Waals surface area contributed by atoms with Gasteiger partial charge in [0.2, 0.25) is 12.2 Å². The van der Waals surface area contributed by atoms with Gasteiger partial charge in [-0.3, -0.25) is 10.2 Å². The van der Waals surface area contributed by atoms with Crippen molar-refractivity contribution in [2.45, 2.75) is 41.4 Å². The fourth-order valence-corrected chi connectivity index (χ4v) is 1.67. The van der Waals surface area contributed by atoms with Gasteiger partial charge in [-0.15, -0.1) is 0 Å². The van der Waals surface area contributed by atoms with Gasteiger partial charge in [0, 0.05) is 6.92 Å². The van der Waals surface area contributed by atoms with Gasteiger partial charge in [0.1, 0.15) is 31.0 Å². The van der Waals surface area contributed by atoms with E-state index in [1.807, 2.05) is 0 Å². The zero-order valence-electron chi connectivity index (χ0n) is 10.7. The lowest BCUT2D eigenvalue weighted by molar-refractivity contribution is -0.282. The number of ether oxygens (including phenoxy) is 3. The number of carbonyl (C=O) groups excluding carboxylic acids is 1. The van der Waals surface area contributed by atoms with Crippen LogP contribution in [0.15, 0.2) is 0 Å². The van der Waals surface area contributed by atoms with Crippen molar-refractivity contribution in [3.8, 4) is 0 Å². The van der Waals surface area contributed by atoms with E-state index in [1.165, 1.54) is 0 Å². The first-order valence-corrected chi connectivity index (χ1v) is 6.83. The minimum Gasteiger partial charge on any atom is -0.463 e. The third kappa shape index (κ3) is 5.10. The summed E-state index contributed by atoms with van der Waals surface area (Å²) in [6.45, 7) is 0.758. The first-order chi connectivity index (χ1) is 9.54. The normalized spacial score (nSPS) is 33.4. The molecule has 1 fully saturated rings. The molecule has 8 nitrogen and oxygen atoms in total. The van der Waals surface area contributed by atoms with Gasteiger partial charge in [-0.25, -0.2) is 0 Å². The van der Waals surface area contributed by atoms with Crippen LogP contribution in [0.5, 0.6) is 0 Å². The predicted octanol–water partition coefficient (Wildman–Crippen LogP) is -0.279. The molecule has 1 unspecified atom stereocenters. The summed E-state index contributed by atoms with van der Waals surface area (Å²) in [7, 11) is 0. The molecule has 0 aromatic rings. The van der Waals surface area contributed by atoms with E-state index in [0.29, 0.717) is 0 Å². The summed E-state index contributed by atoms with van der Waals surface area (Å²) in [6, 6.07) is 0. The monoisotopic (exact) mass is 365 g/mol. The van der Waals surface area contributed by atoms with Crippen LogP contribution in [0.3, 0.4) is 0 Å². The Morgan fingerprint density at radius 2 is 1.81 bits per heavy atom. The van der Waals surface area contributed by atoms with Crippen LogP contribution >= 0.6 is 34.8 Å². The SMILES string of the molecule is CC(=O)OC[C@H]1OC(OC(=N)C(Cl)(Cl)Cl)[C@H](O)[C@@H](O)[C@@H]1O. The van der Waals surface area contributed by atoms with Gasteiger partial charge < -0.3 is 29.5 Å². The number of hydrogen-bond donors (Lipinski definition) is 4. The van der Waals surface area contributed by atoms with Gasteiger partial charge in [-0.1, -0.05) is 34.8 Å². The van der Waals surface area contributed by atoms with Crippen LogP contribution in [-0.4, -0.2) is 68.3 Å². The summed E-state index contributed by atoms with van der Waals surface area (Å²) in [5, 5.41) is 36.5. The molecule has 0 aromatic carbocycles. The summed E-state index contributed by atoms with van der Waals surface area (Å²) < 4.78 is 12.4. The maximum atomic E-state index is 10.7. The number of halogens is 3. The molecular weight excluding hydrogens is 352 g/mol. The van der Waals surface area contributed by atoms with Crippen LogP contribution < -0.4 is 0 Å².